The number of para-hydroxylation sites is 4. The van der Waals surface area contributed by atoms with Gasteiger partial charge >= 0.3 is 0 Å². The second kappa shape index (κ2) is 16.6. The van der Waals surface area contributed by atoms with E-state index < -0.39 is 0 Å². The van der Waals surface area contributed by atoms with E-state index in [1.165, 1.54) is 49.9 Å². The Morgan fingerprint density at radius 1 is 0.551 bits per heavy atom. The lowest BCUT2D eigenvalue weighted by atomic mass is 9.83. The molecule has 0 bridgehead atoms. The van der Waals surface area contributed by atoms with Crippen molar-refractivity contribution in [1.82, 2.24) is 9.78 Å². The van der Waals surface area contributed by atoms with Crippen molar-refractivity contribution in [2.24, 2.45) is 10.9 Å². The smallest absolute Gasteiger partial charge is 0.0812 e. The topological polar surface area (TPSA) is 37.9 Å². The molecule has 0 amide bonds. The molecule has 0 fully saturated rings. The van der Waals surface area contributed by atoms with Crippen LogP contribution in [0.2, 0.25) is 0 Å². The summed E-state index contributed by atoms with van der Waals surface area (Å²) in [7, 11) is 0. The van der Waals surface area contributed by atoms with E-state index in [4.69, 9.17) is 10.1 Å². The number of nitrogens with zero attached hydrogens (tertiary/aromatic N) is 5. The van der Waals surface area contributed by atoms with Crippen LogP contribution in [0.1, 0.15) is 60.9 Å². The van der Waals surface area contributed by atoms with Gasteiger partial charge < -0.3 is 19.6 Å². The van der Waals surface area contributed by atoms with Crippen LogP contribution in [-0.2, 0) is 19.4 Å². The van der Waals surface area contributed by atoms with Crippen LogP contribution in [0.25, 0.3) is 49.6 Å². The Balaban J connectivity index is 1.05. The van der Waals surface area contributed by atoms with Crippen LogP contribution in [0.4, 0.5) is 39.8 Å². The molecule has 9 aromatic carbocycles. The Morgan fingerprint density at radius 2 is 1.03 bits per heavy atom. The Bertz CT molecular complexity index is 3530. The fraction of sp³-hybridized carbons (Fsp3) is 0.141. The van der Waals surface area contributed by atoms with E-state index in [2.05, 4.69) is 235 Å². The molecule has 0 radical (unpaired) electrons. The van der Waals surface area contributed by atoms with Crippen LogP contribution < -0.4 is 14.9 Å². The number of benzene rings is 9. The molecule has 10 aromatic rings. The third kappa shape index (κ3) is 6.70. The van der Waals surface area contributed by atoms with Gasteiger partial charge in [-0.25, -0.2) is 0 Å². The highest BCUT2D eigenvalue weighted by Gasteiger charge is 2.38. The number of aryl methyl sites for hydroxylation is 2. The van der Waals surface area contributed by atoms with Gasteiger partial charge in [-0.1, -0.05) is 147 Å². The molecule has 0 saturated carbocycles. The minimum atomic E-state index is 0.140. The minimum Gasteiger partial charge on any atom is -0.593 e. The second-order valence-electron chi connectivity index (χ2n) is 19.3. The summed E-state index contributed by atoms with van der Waals surface area (Å²) in [4.78, 5) is 10.8. The van der Waals surface area contributed by atoms with Gasteiger partial charge in [0.05, 0.1) is 11.4 Å². The van der Waals surface area contributed by atoms with E-state index in [0.717, 1.165) is 98.9 Å². The lowest BCUT2D eigenvalue weighted by Gasteiger charge is -2.37. The highest BCUT2D eigenvalue weighted by molar-refractivity contribution is 6.25. The number of aliphatic imine (C=N–C) groups is 1. The summed E-state index contributed by atoms with van der Waals surface area (Å²) in [6.45, 7) is 7.60. The zero-order valence-electron chi connectivity index (χ0n) is 39.3. The van der Waals surface area contributed by atoms with Gasteiger partial charge in [0.1, 0.15) is 0 Å². The Hall–Kier alpha value is -8.15. The number of hydrogen-bond acceptors (Lipinski definition) is 3. The van der Waals surface area contributed by atoms with E-state index in [1.807, 2.05) is 0 Å². The van der Waals surface area contributed by atoms with E-state index in [9.17, 15) is 0 Å². The number of rotatable bonds is 10. The molecular formula is C64H52N5-. The molecule has 13 rings (SSSR count). The van der Waals surface area contributed by atoms with Gasteiger partial charge in [0.15, 0.2) is 0 Å². The summed E-state index contributed by atoms with van der Waals surface area (Å²) in [5, 5.41) is 8.38. The van der Waals surface area contributed by atoms with E-state index in [1.54, 1.807) is 0 Å². The highest BCUT2D eigenvalue weighted by atomic mass is 15.3. The normalized spacial score (nSPS) is 15.2. The van der Waals surface area contributed by atoms with Crippen molar-refractivity contribution in [1.29, 1.82) is 0 Å². The van der Waals surface area contributed by atoms with Gasteiger partial charge in [-0.15, -0.1) is 0 Å². The first-order valence-electron chi connectivity index (χ1n) is 24.6. The lowest BCUT2D eigenvalue weighted by Crippen LogP contribution is -2.19. The molecular weight excluding hydrogens is 839 g/mol. The van der Waals surface area contributed by atoms with Crippen LogP contribution in [0, 0.1) is 5.92 Å². The summed E-state index contributed by atoms with van der Waals surface area (Å²) in [5.41, 5.74) is 23.8. The molecule has 3 aliphatic rings. The number of anilines is 6. The maximum absolute atomic E-state index is 6.10. The van der Waals surface area contributed by atoms with E-state index in [-0.39, 0.29) is 5.92 Å². The summed E-state index contributed by atoms with van der Waals surface area (Å²) >= 11 is 0. The maximum Gasteiger partial charge on any atom is 0.0812 e. The van der Waals surface area contributed by atoms with Gasteiger partial charge in [-0.05, 0) is 155 Å². The van der Waals surface area contributed by atoms with Gasteiger partial charge in [0, 0.05) is 68.8 Å². The van der Waals surface area contributed by atoms with Crippen molar-refractivity contribution in [3.8, 4) is 22.3 Å². The summed E-state index contributed by atoms with van der Waals surface area (Å²) < 4.78 is 2.26. The van der Waals surface area contributed by atoms with E-state index >= 15 is 0 Å². The van der Waals surface area contributed by atoms with Crippen LogP contribution in [-0.4, -0.2) is 10.4 Å². The zero-order chi connectivity index (χ0) is 46.2. The molecule has 2 aliphatic carbocycles. The number of fused-ring (bicyclic) bond motifs is 5. The average molecular weight is 891 g/mol. The third-order valence-corrected chi connectivity index (χ3v) is 14.7. The van der Waals surface area contributed by atoms with Crippen LogP contribution in [0.5, 0.6) is 0 Å². The molecule has 2 heterocycles. The first-order chi connectivity index (χ1) is 34.0. The molecule has 0 N–H and O–H groups in total. The molecule has 1 unspecified atom stereocenters. The monoisotopic (exact) mass is 890 g/mol. The first-order valence-corrected chi connectivity index (χ1v) is 24.6. The standard InChI is InChI=1S/C64H52N5/c1-4-42-39-55-53-37-31-43-25-26-44-32-38-54(60(53)56(43)44)61(55)65-62-57(42)58(45-27-33-51(34-28-45)68(47-17-9-5-10-18-47)48-19-11-6-12-20-48)63-64(67(66-63)40-41(2)3)59(62)46-29-35-52(36-30-46)69(49-21-13-7-14-22-49)50-23-15-8-16-24-50/h4-24,27-38,41,55H,25-26,39-40H2,1-3H3/q-1/b42-4-. The van der Waals surface area contributed by atoms with Crippen LogP contribution >= 0.6 is 0 Å². The molecule has 1 aromatic heterocycles. The van der Waals surface area contributed by atoms with Gasteiger partial charge in [0.25, 0.3) is 0 Å². The summed E-state index contributed by atoms with van der Waals surface area (Å²) in [6.07, 6.45) is 5.44. The van der Waals surface area contributed by atoms with Crippen LogP contribution in [0.3, 0.4) is 0 Å². The second-order valence-corrected chi connectivity index (χ2v) is 19.3. The fourth-order valence-corrected chi connectivity index (χ4v) is 11.6. The van der Waals surface area contributed by atoms with E-state index in [0.29, 0.717) is 5.92 Å². The lowest BCUT2D eigenvalue weighted by molar-refractivity contribution is 0.479. The largest absolute Gasteiger partial charge is 0.593 e. The predicted molar refractivity (Wildman–Crippen MR) is 289 cm³/mol. The molecule has 0 saturated heterocycles. The SMILES string of the molecule is C/C=C1/CC2C(=Nc3c1c(-c1ccc(N(c4ccccc4)c4ccccc4)cc1)c1[n-]n(CC(C)C)c1c3-c1ccc(N(c3ccccc3)c3ccccc3)cc1)c1ccc3c4c(ccc2c14)CC3. The molecule has 1 aliphatic heterocycles. The molecule has 5 heteroatoms. The van der Waals surface area contributed by atoms with Gasteiger partial charge in [-0.3, -0.25) is 4.99 Å². The van der Waals surface area contributed by atoms with Crippen molar-refractivity contribution in [3.63, 3.8) is 0 Å². The fourth-order valence-electron chi connectivity index (χ4n) is 11.6. The number of hydrogen-bond donors (Lipinski definition) is 0. The Morgan fingerprint density at radius 3 is 1.52 bits per heavy atom. The van der Waals surface area contributed by atoms with Crippen molar-refractivity contribution < 1.29 is 0 Å². The minimum absolute atomic E-state index is 0.140. The van der Waals surface area contributed by atoms with Crippen molar-refractivity contribution >= 4 is 72.9 Å². The predicted octanol–water partition coefficient (Wildman–Crippen LogP) is 16.8. The molecule has 1 atom stereocenters. The molecule has 334 valence electrons. The quantitative estimate of drug-likeness (QED) is 0.137. The molecule has 5 nitrogen and oxygen atoms in total. The van der Waals surface area contributed by atoms with Crippen LogP contribution in [0.15, 0.2) is 205 Å². The summed E-state index contributed by atoms with van der Waals surface area (Å²) in [6, 6.07) is 70.6. The van der Waals surface area contributed by atoms with Crippen molar-refractivity contribution in [3.05, 3.63) is 228 Å². The summed E-state index contributed by atoms with van der Waals surface area (Å²) in [5.74, 6) is 0.536. The number of allylic oxidation sites excluding steroid dienone is 2. The van der Waals surface area contributed by atoms with Crippen molar-refractivity contribution in [2.75, 3.05) is 9.80 Å². The Kier molecular flexibility index (Phi) is 9.86. The molecule has 0 spiro atoms. The molecule has 69 heavy (non-hydrogen) atoms. The first kappa shape index (κ1) is 41.1. The Labute approximate surface area is 404 Å². The highest BCUT2D eigenvalue weighted by Crippen LogP contribution is 2.56. The van der Waals surface area contributed by atoms with Gasteiger partial charge in [0.2, 0.25) is 0 Å². The zero-order valence-corrected chi connectivity index (χ0v) is 39.3. The van der Waals surface area contributed by atoms with Gasteiger partial charge in [-0.2, -0.15) is 0 Å². The third-order valence-electron chi connectivity index (χ3n) is 14.7. The number of aromatic nitrogens is 2. The average Bonchev–Trinajstić information content (AvgIpc) is 3.89. The van der Waals surface area contributed by atoms with Crippen molar-refractivity contribution in [2.45, 2.75) is 52.5 Å². The maximum atomic E-state index is 6.10.